The molecule has 0 aliphatic heterocycles. The number of rotatable bonds is 1. The van der Waals surface area contributed by atoms with Crippen LogP contribution in [-0.4, -0.2) is 19.2 Å². The number of hydrogen-bond acceptors (Lipinski definition) is 2. The van der Waals surface area contributed by atoms with Crippen molar-refractivity contribution in [2.24, 2.45) is 0 Å². The molecule has 0 aromatic rings. The molecule has 0 fully saturated rings. The normalized spacial score (nSPS) is 9.00. The molecule has 0 heterocycles. The topological polar surface area (TPSA) is 38.3 Å². The molecule has 8 heavy (non-hydrogen) atoms. The summed E-state index contributed by atoms with van der Waals surface area (Å²) >= 11 is 0. The lowest BCUT2D eigenvalue weighted by molar-refractivity contribution is 0.169. The van der Waals surface area contributed by atoms with Crippen LogP contribution in [-0.2, 0) is 4.74 Å². The van der Waals surface area contributed by atoms with Crippen molar-refractivity contribution < 1.29 is 9.53 Å². The maximum Gasteiger partial charge on any atom is 0.407 e. The van der Waals surface area contributed by atoms with Crippen molar-refractivity contribution in [3.05, 3.63) is 6.92 Å². The molecule has 1 N–H and O–H groups in total. The fourth-order valence-electron chi connectivity index (χ4n) is 0.260. The first-order chi connectivity index (χ1) is 3.66. The second-order valence-electron chi connectivity index (χ2n) is 1.54. The molecular weight excluding hydrogens is 106 g/mol. The third kappa shape index (κ3) is 3.46. The van der Waals surface area contributed by atoms with Crippen LogP contribution in [0.2, 0.25) is 0 Å². The summed E-state index contributed by atoms with van der Waals surface area (Å²) in [5.41, 5.74) is 0. The lowest BCUT2D eigenvalue weighted by Gasteiger charge is -2.04. The van der Waals surface area contributed by atoms with E-state index in [1.54, 1.807) is 6.92 Å². The Morgan fingerprint density at radius 1 is 1.88 bits per heavy atom. The van der Waals surface area contributed by atoms with Gasteiger partial charge in [0.1, 0.15) is 0 Å². The van der Waals surface area contributed by atoms with Crippen LogP contribution in [0.3, 0.4) is 0 Å². The van der Waals surface area contributed by atoms with E-state index < -0.39 is 6.09 Å². The van der Waals surface area contributed by atoms with Crippen molar-refractivity contribution in [2.75, 3.05) is 7.11 Å². The Morgan fingerprint density at radius 2 is 2.38 bits per heavy atom. The molecule has 0 saturated heterocycles. The molecule has 1 atom stereocenters. The van der Waals surface area contributed by atoms with E-state index in [9.17, 15) is 4.79 Å². The zero-order valence-corrected chi connectivity index (χ0v) is 5.10. The molecule has 3 nitrogen and oxygen atoms in total. The second-order valence-corrected chi connectivity index (χ2v) is 1.54. The van der Waals surface area contributed by atoms with Gasteiger partial charge < -0.3 is 10.1 Å². The van der Waals surface area contributed by atoms with Crippen LogP contribution in [0.1, 0.15) is 6.92 Å². The maximum atomic E-state index is 10.2. The number of alkyl carbamates (subject to hydrolysis) is 1. The van der Waals surface area contributed by atoms with Crippen molar-refractivity contribution in [3.63, 3.8) is 0 Å². The number of hydrogen-bond donors (Lipinski definition) is 1. The quantitative estimate of drug-likeness (QED) is 0.543. The molecule has 1 radical (unpaired) electrons. The average molecular weight is 116 g/mol. The highest BCUT2D eigenvalue weighted by Crippen LogP contribution is 1.76. The van der Waals surface area contributed by atoms with E-state index in [1.165, 1.54) is 7.11 Å². The molecule has 0 bridgehead atoms. The van der Waals surface area contributed by atoms with Crippen LogP contribution in [0.25, 0.3) is 0 Å². The number of carbonyl (C=O) groups excluding carboxylic acids is 1. The van der Waals surface area contributed by atoms with Gasteiger partial charge in [0.15, 0.2) is 0 Å². The molecule has 0 rings (SSSR count). The number of nitrogens with one attached hydrogen (secondary N) is 1. The summed E-state index contributed by atoms with van der Waals surface area (Å²) in [6.45, 7) is 5.28. The Morgan fingerprint density at radius 3 is 2.50 bits per heavy atom. The van der Waals surface area contributed by atoms with Gasteiger partial charge in [-0.1, -0.05) is 0 Å². The molecule has 1 amide bonds. The molecule has 3 heteroatoms. The largest absolute Gasteiger partial charge is 0.453 e. The van der Waals surface area contributed by atoms with E-state index in [0.29, 0.717) is 0 Å². The number of ether oxygens (including phenoxy) is 1. The minimum Gasteiger partial charge on any atom is -0.453 e. The third-order valence-electron chi connectivity index (χ3n) is 0.550. The first-order valence-electron chi connectivity index (χ1n) is 2.34. The van der Waals surface area contributed by atoms with Crippen LogP contribution >= 0.6 is 0 Å². The van der Waals surface area contributed by atoms with Crippen molar-refractivity contribution in [1.82, 2.24) is 5.32 Å². The fraction of sp³-hybridized carbons (Fsp3) is 0.600. The summed E-state index contributed by atoms with van der Waals surface area (Å²) in [6.07, 6.45) is -0.438. The first kappa shape index (κ1) is 7.27. The number of methoxy groups -OCH3 is 1. The standard InChI is InChI=1S/C5H10NO2/c1-4(2)6-5(7)8-3/h4H,1H2,2-3H3,(H,6,7)/t4-/m1/s1. The van der Waals surface area contributed by atoms with Gasteiger partial charge in [0, 0.05) is 6.04 Å². The van der Waals surface area contributed by atoms with Gasteiger partial charge in [-0.3, -0.25) is 0 Å². The summed E-state index contributed by atoms with van der Waals surface area (Å²) in [5, 5.41) is 2.42. The van der Waals surface area contributed by atoms with E-state index >= 15 is 0 Å². The average Bonchev–Trinajstić information content (AvgIpc) is 1.65. The highest BCUT2D eigenvalue weighted by molar-refractivity contribution is 5.67. The zero-order chi connectivity index (χ0) is 6.57. The van der Waals surface area contributed by atoms with Crippen molar-refractivity contribution in [1.29, 1.82) is 0 Å². The van der Waals surface area contributed by atoms with Gasteiger partial charge in [-0.05, 0) is 13.8 Å². The minimum absolute atomic E-state index is 0.0950. The molecule has 0 saturated carbocycles. The minimum atomic E-state index is -0.438. The molecule has 0 aromatic carbocycles. The van der Waals surface area contributed by atoms with Gasteiger partial charge in [-0.25, -0.2) is 4.79 Å². The van der Waals surface area contributed by atoms with E-state index in [4.69, 9.17) is 0 Å². The predicted octanol–water partition coefficient (Wildman–Crippen LogP) is 0.565. The second kappa shape index (κ2) is 3.29. The SMILES string of the molecule is [CH2][C@H](C)NC(=O)OC. The van der Waals surface area contributed by atoms with Gasteiger partial charge in [0.25, 0.3) is 0 Å². The maximum absolute atomic E-state index is 10.2. The molecule has 0 aromatic heterocycles. The first-order valence-corrected chi connectivity index (χ1v) is 2.34. The predicted molar refractivity (Wildman–Crippen MR) is 30.4 cm³/mol. The molecular formula is C5H10NO2. The Hall–Kier alpha value is -0.730. The summed E-state index contributed by atoms with van der Waals surface area (Å²) in [5.74, 6) is 0. The van der Waals surface area contributed by atoms with Crippen LogP contribution in [0.5, 0.6) is 0 Å². The van der Waals surface area contributed by atoms with E-state index in [2.05, 4.69) is 17.0 Å². The fourth-order valence-corrected chi connectivity index (χ4v) is 0.260. The van der Waals surface area contributed by atoms with Crippen LogP contribution in [0.15, 0.2) is 0 Å². The smallest absolute Gasteiger partial charge is 0.407 e. The Bertz CT molecular complexity index is 80.5. The summed E-state index contributed by atoms with van der Waals surface area (Å²) < 4.78 is 4.27. The Balaban J connectivity index is 3.25. The molecule has 0 aliphatic carbocycles. The summed E-state index contributed by atoms with van der Waals surface area (Å²) in [4.78, 5) is 10.2. The van der Waals surface area contributed by atoms with Gasteiger partial charge in [0.05, 0.1) is 7.11 Å². The van der Waals surface area contributed by atoms with Gasteiger partial charge in [-0.2, -0.15) is 0 Å². The molecule has 47 valence electrons. The molecule has 0 aliphatic rings. The van der Waals surface area contributed by atoms with Crippen LogP contribution in [0, 0.1) is 6.92 Å². The molecule has 0 spiro atoms. The number of carbonyl (C=O) groups is 1. The van der Waals surface area contributed by atoms with Crippen LogP contribution in [0.4, 0.5) is 4.79 Å². The van der Waals surface area contributed by atoms with E-state index in [0.717, 1.165) is 0 Å². The summed E-state index contributed by atoms with van der Waals surface area (Å²) in [7, 11) is 1.32. The van der Waals surface area contributed by atoms with Gasteiger partial charge >= 0.3 is 6.09 Å². The highest BCUT2D eigenvalue weighted by Gasteiger charge is 1.98. The van der Waals surface area contributed by atoms with Crippen LogP contribution < -0.4 is 5.32 Å². The Kier molecular flexibility index (Phi) is 2.99. The van der Waals surface area contributed by atoms with Gasteiger partial charge in [-0.15, -0.1) is 0 Å². The van der Waals surface area contributed by atoms with Crippen molar-refractivity contribution >= 4 is 6.09 Å². The lowest BCUT2D eigenvalue weighted by Crippen LogP contribution is -2.29. The van der Waals surface area contributed by atoms with E-state index in [-0.39, 0.29) is 6.04 Å². The monoisotopic (exact) mass is 116 g/mol. The van der Waals surface area contributed by atoms with E-state index in [1.807, 2.05) is 0 Å². The van der Waals surface area contributed by atoms with Gasteiger partial charge in [0.2, 0.25) is 0 Å². The number of amides is 1. The summed E-state index contributed by atoms with van der Waals surface area (Å²) in [6, 6.07) is -0.0950. The third-order valence-corrected chi connectivity index (χ3v) is 0.550. The Labute approximate surface area is 49.0 Å². The van der Waals surface area contributed by atoms with Crippen molar-refractivity contribution in [2.45, 2.75) is 13.0 Å². The molecule has 0 unspecified atom stereocenters. The van der Waals surface area contributed by atoms with Crippen molar-refractivity contribution in [3.8, 4) is 0 Å². The lowest BCUT2D eigenvalue weighted by atomic mass is 10.4. The zero-order valence-electron chi connectivity index (χ0n) is 5.10. The highest BCUT2D eigenvalue weighted by atomic mass is 16.5.